The largest absolute Gasteiger partial charge is 0.464 e. The minimum atomic E-state index is -0.310. The first kappa shape index (κ1) is 12.0. The molecule has 1 fully saturated rings. The van der Waals surface area contributed by atoms with Crippen LogP contribution in [0.3, 0.4) is 0 Å². The van der Waals surface area contributed by atoms with Gasteiger partial charge in [0.25, 0.3) is 11.1 Å². The average molecular weight is 273 g/mol. The molecule has 1 saturated heterocycles. The molecule has 0 saturated carbocycles. The van der Waals surface area contributed by atoms with Crippen molar-refractivity contribution in [2.45, 2.75) is 13.3 Å². The van der Waals surface area contributed by atoms with E-state index in [0.717, 1.165) is 33.9 Å². The van der Waals surface area contributed by atoms with E-state index in [1.165, 1.54) is 0 Å². The monoisotopic (exact) mass is 273 g/mol. The highest BCUT2D eigenvalue weighted by atomic mass is 32.2. The zero-order valence-corrected chi connectivity index (χ0v) is 11.0. The topological polar surface area (TPSA) is 59.3 Å². The van der Waals surface area contributed by atoms with Crippen molar-refractivity contribution in [1.29, 1.82) is 0 Å². The molecular formula is C14H11NO3S. The van der Waals surface area contributed by atoms with Crippen LogP contribution in [0.25, 0.3) is 16.5 Å². The van der Waals surface area contributed by atoms with Crippen molar-refractivity contribution in [3.63, 3.8) is 0 Å². The number of carbonyl (C=O) groups is 2. The van der Waals surface area contributed by atoms with Gasteiger partial charge in [0, 0.05) is 5.39 Å². The van der Waals surface area contributed by atoms with Crippen molar-refractivity contribution in [2.75, 3.05) is 0 Å². The van der Waals surface area contributed by atoms with Crippen LogP contribution in [0, 0.1) is 0 Å². The molecular weight excluding hydrogens is 262 g/mol. The Morgan fingerprint density at radius 2 is 2.16 bits per heavy atom. The molecule has 1 aromatic heterocycles. The average Bonchev–Trinajstić information content (AvgIpc) is 2.97. The molecule has 1 aliphatic heterocycles. The third kappa shape index (κ3) is 2.06. The SMILES string of the molecule is CCC(=C1SC(=O)NC1=O)c1ccc2occc2c1. The molecule has 0 bridgehead atoms. The lowest BCUT2D eigenvalue weighted by atomic mass is 10.0. The summed E-state index contributed by atoms with van der Waals surface area (Å²) in [4.78, 5) is 23.5. The van der Waals surface area contributed by atoms with Crippen molar-refractivity contribution < 1.29 is 14.0 Å². The Labute approximate surface area is 113 Å². The number of hydrogen-bond acceptors (Lipinski definition) is 4. The van der Waals surface area contributed by atoms with Gasteiger partial charge in [-0.25, -0.2) is 0 Å². The molecule has 0 atom stereocenters. The van der Waals surface area contributed by atoms with E-state index in [0.29, 0.717) is 11.3 Å². The number of carbonyl (C=O) groups excluding carboxylic acids is 2. The van der Waals surface area contributed by atoms with E-state index in [-0.39, 0.29) is 11.1 Å². The maximum Gasteiger partial charge on any atom is 0.290 e. The maximum absolute atomic E-state index is 11.7. The van der Waals surface area contributed by atoms with E-state index in [1.54, 1.807) is 6.26 Å². The smallest absolute Gasteiger partial charge is 0.290 e. The number of furan rings is 1. The molecule has 2 heterocycles. The standard InChI is InChI=1S/C14H11NO3S/c1-2-10(12-13(16)15-14(17)19-12)8-3-4-11-9(7-8)5-6-18-11/h3-7H,2H2,1H3,(H,15,16,17). The highest BCUT2D eigenvalue weighted by Gasteiger charge is 2.28. The van der Waals surface area contributed by atoms with Gasteiger partial charge in [0.15, 0.2) is 0 Å². The molecule has 0 unspecified atom stereocenters. The van der Waals surface area contributed by atoms with Crippen LogP contribution < -0.4 is 5.32 Å². The summed E-state index contributed by atoms with van der Waals surface area (Å²) >= 11 is 0.965. The molecule has 96 valence electrons. The Bertz CT molecular complexity index is 714. The first-order valence-electron chi connectivity index (χ1n) is 5.93. The summed E-state index contributed by atoms with van der Waals surface area (Å²) < 4.78 is 5.30. The third-order valence-corrected chi connectivity index (χ3v) is 3.97. The zero-order valence-electron chi connectivity index (χ0n) is 10.2. The van der Waals surface area contributed by atoms with Gasteiger partial charge in [0.05, 0.1) is 11.2 Å². The number of hydrogen-bond donors (Lipinski definition) is 1. The highest BCUT2D eigenvalue weighted by Crippen LogP contribution is 2.34. The number of thioether (sulfide) groups is 1. The molecule has 2 aromatic rings. The predicted molar refractivity (Wildman–Crippen MR) is 74.6 cm³/mol. The summed E-state index contributed by atoms with van der Waals surface area (Å²) in [7, 11) is 0. The summed E-state index contributed by atoms with van der Waals surface area (Å²) in [6.07, 6.45) is 2.32. The molecule has 19 heavy (non-hydrogen) atoms. The van der Waals surface area contributed by atoms with Crippen molar-refractivity contribution in [3.8, 4) is 0 Å². The molecule has 2 amide bonds. The Morgan fingerprint density at radius 3 is 2.84 bits per heavy atom. The summed E-state index contributed by atoms with van der Waals surface area (Å²) in [5.41, 5.74) is 2.64. The lowest BCUT2D eigenvalue weighted by molar-refractivity contribution is -0.115. The normalized spacial score (nSPS) is 17.9. The number of fused-ring (bicyclic) bond motifs is 1. The van der Waals surface area contributed by atoms with Crippen LogP contribution in [0.4, 0.5) is 4.79 Å². The maximum atomic E-state index is 11.7. The lowest BCUT2D eigenvalue weighted by Crippen LogP contribution is -2.18. The fourth-order valence-electron chi connectivity index (χ4n) is 2.16. The molecule has 3 rings (SSSR count). The molecule has 1 aliphatic rings. The molecule has 0 spiro atoms. The van der Waals surface area contributed by atoms with E-state index in [4.69, 9.17) is 4.42 Å². The van der Waals surface area contributed by atoms with E-state index >= 15 is 0 Å². The summed E-state index contributed by atoms with van der Waals surface area (Å²) in [5.74, 6) is -0.306. The number of allylic oxidation sites excluding steroid dienone is 1. The van der Waals surface area contributed by atoms with Crippen molar-refractivity contribution in [1.82, 2.24) is 5.32 Å². The van der Waals surface area contributed by atoms with E-state index < -0.39 is 0 Å². The van der Waals surface area contributed by atoms with Crippen molar-refractivity contribution in [3.05, 3.63) is 41.0 Å². The summed E-state index contributed by atoms with van der Waals surface area (Å²) in [6, 6.07) is 7.64. The van der Waals surface area contributed by atoms with Gasteiger partial charge in [-0.1, -0.05) is 13.0 Å². The predicted octanol–water partition coefficient (Wildman–Crippen LogP) is 3.54. The van der Waals surface area contributed by atoms with E-state index in [9.17, 15) is 9.59 Å². The van der Waals surface area contributed by atoms with Crippen molar-refractivity contribution >= 4 is 39.5 Å². The van der Waals surface area contributed by atoms with Gasteiger partial charge in [-0.05, 0) is 47.5 Å². The summed E-state index contributed by atoms with van der Waals surface area (Å²) in [6.45, 7) is 1.97. The van der Waals surface area contributed by atoms with Crippen LogP contribution in [0.15, 0.2) is 39.9 Å². The molecule has 4 nitrogen and oxygen atoms in total. The Kier molecular flexibility index (Phi) is 2.91. The van der Waals surface area contributed by atoms with E-state index in [2.05, 4.69) is 5.32 Å². The van der Waals surface area contributed by atoms with E-state index in [1.807, 2.05) is 31.2 Å². The van der Waals surface area contributed by atoms with Gasteiger partial charge < -0.3 is 4.42 Å². The molecule has 5 heteroatoms. The molecule has 0 aliphatic carbocycles. The van der Waals surface area contributed by atoms with Crippen LogP contribution in [0.1, 0.15) is 18.9 Å². The lowest BCUT2D eigenvalue weighted by Gasteiger charge is -2.07. The van der Waals surface area contributed by atoms with Crippen molar-refractivity contribution in [2.24, 2.45) is 0 Å². The number of amides is 2. The second-order valence-corrected chi connectivity index (χ2v) is 5.16. The minimum Gasteiger partial charge on any atom is -0.464 e. The molecule has 1 N–H and O–H groups in total. The first-order chi connectivity index (χ1) is 9.19. The van der Waals surface area contributed by atoms with Gasteiger partial charge in [0.2, 0.25) is 0 Å². The van der Waals surface area contributed by atoms with Crippen LogP contribution in [0.5, 0.6) is 0 Å². The van der Waals surface area contributed by atoms with Crippen LogP contribution >= 0.6 is 11.8 Å². The highest BCUT2D eigenvalue weighted by molar-refractivity contribution is 8.18. The van der Waals surface area contributed by atoms with Gasteiger partial charge >= 0.3 is 0 Å². The number of rotatable bonds is 2. The fourth-order valence-corrected chi connectivity index (χ4v) is 3.02. The Hall–Kier alpha value is -2.01. The quantitative estimate of drug-likeness (QED) is 0.850. The minimum absolute atomic E-state index is 0.306. The second kappa shape index (κ2) is 4.59. The van der Waals surface area contributed by atoms with Gasteiger partial charge in [0.1, 0.15) is 5.58 Å². The first-order valence-corrected chi connectivity index (χ1v) is 6.74. The number of imide groups is 1. The fraction of sp³-hybridized carbons (Fsp3) is 0.143. The molecule has 1 aromatic carbocycles. The van der Waals surface area contributed by atoms with Crippen LogP contribution in [0.2, 0.25) is 0 Å². The second-order valence-electron chi connectivity index (χ2n) is 4.18. The Balaban J connectivity index is 2.13. The molecule has 0 radical (unpaired) electrons. The van der Waals surface area contributed by atoms with Gasteiger partial charge in [-0.15, -0.1) is 0 Å². The van der Waals surface area contributed by atoms with Crippen LogP contribution in [-0.2, 0) is 4.79 Å². The summed E-state index contributed by atoms with van der Waals surface area (Å²) in [5, 5.41) is 2.97. The number of nitrogens with one attached hydrogen (secondary N) is 1. The number of benzene rings is 1. The van der Waals surface area contributed by atoms with Gasteiger partial charge in [-0.2, -0.15) is 0 Å². The Morgan fingerprint density at radius 1 is 1.32 bits per heavy atom. The van der Waals surface area contributed by atoms with Crippen LogP contribution in [-0.4, -0.2) is 11.1 Å². The zero-order chi connectivity index (χ0) is 13.4. The third-order valence-electron chi connectivity index (χ3n) is 3.05. The van der Waals surface area contributed by atoms with Gasteiger partial charge in [-0.3, -0.25) is 14.9 Å².